The number of hydrogen-bond acceptors (Lipinski definition) is 6. The van der Waals surface area contributed by atoms with Gasteiger partial charge in [-0.2, -0.15) is 4.99 Å². The second-order valence-corrected chi connectivity index (χ2v) is 9.61. The first-order chi connectivity index (χ1) is 15.3. The van der Waals surface area contributed by atoms with E-state index in [1.165, 1.54) is 23.5 Å². The van der Waals surface area contributed by atoms with Crippen LogP contribution in [-0.4, -0.2) is 45.2 Å². The van der Waals surface area contributed by atoms with Crippen LogP contribution in [-0.2, 0) is 21.3 Å². The van der Waals surface area contributed by atoms with Crippen LogP contribution in [0.5, 0.6) is 0 Å². The van der Waals surface area contributed by atoms with Crippen molar-refractivity contribution in [2.24, 2.45) is 10.1 Å². The lowest BCUT2D eigenvalue weighted by Crippen LogP contribution is -2.21. The summed E-state index contributed by atoms with van der Waals surface area (Å²) < 4.78 is 31.5. The van der Waals surface area contributed by atoms with Crippen molar-refractivity contribution in [3.63, 3.8) is 0 Å². The Balaban J connectivity index is 2.02. The molecule has 2 N–H and O–H groups in total. The molecular weight excluding hydrogens is 448 g/mol. The number of rotatable bonds is 9. The molecule has 2 aromatic carbocycles. The van der Waals surface area contributed by atoms with Crippen LogP contribution < -0.4 is 14.8 Å². The number of carbonyl (C=O) groups excluding carboxylic acids is 1. The van der Waals surface area contributed by atoms with E-state index in [-0.39, 0.29) is 10.8 Å². The van der Waals surface area contributed by atoms with Crippen LogP contribution in [0, 0.1) is 0 Å². The van der Waals surface area contributed by atoms with Gasteiger partial charge in [0, 0.05) is 37.5 Å². The van der Waals surface area contributed by atoms with Crippen molar-refractivity contribution in [2.45, 2.75) is 32.2 Å². The fourth-order valence-electron chi connectivity index (χ4n) is 3.39. The van der Waals surface area contributed by atoms with Crippen LogP contribution >= 0.6 is 11.3 Å². The molecule has 1 heterocycles. The summed E-state index contributed by atoms with van der Waals surface area (Å²) in [6, 6.07) is 12.0. The fraction of sp³-hybridized carbons (Fsp3) is 0.364. The van der Waals surface area contributed by atoms with Gasteiger partial charge in [-0.3, -0.25) is 4.79 Å². The number of nitrogens with two attached hydrogens (primary N) is 1. The first-order valence-corrected chi connectivity index (χ1v) is 12.8. The maximum absolute atomic E-state index is 12.9. The molecule has 3 rings (SSSR count). The molecule has 0 radical (unpaired) electrons. The molecule has 0 saturated carbocycles. The number of nitrogens with zero attached hydrogens (tertiary/aromatic N) is 3. The molecule has 0 bridgehead atoms. The molecule has 1 aromatic heterocycles. The Bertz CT molecular complexity index is 1260. The summed E-state index contributed by atoms with van der Waals surface area (Å²) in [5.41, 5.74) is 2.31. The monoisotopic (exact) mass is 476 g/mol. The maximum Gasteiger partial charge on any atom is 0.279 e. The second kappa shape index (κ2) is 10.4. The lowest BCUT2D eigenvalue weighted by atomic mass is 10.2. The molecule has 0 aliphatic carbocycles. The first kappa shape index (κ1) is 24.1. The molecule has 32 heavy (non-hydrogen) atoms. The van der Waals surface area contributed by atoms with E-state index >= 15 is 0 Å². The van der Waals surface area contributed by atoms with Gasteiger partial charge in [-0.05, 0) is 63.2 Å². The quantitative estimate of drug-likeness (QED) is 0.478. The van der Waals surface area contributed by atoms with Crippen LogP contribution in [0.1, 0.15) is 31.1 Å². The van der Waals surface area contributed by atoms with E-state index in [4.69, 9.17) is 9.88 Å². The van der Waals surface area contributed by atoms with Crippen LogP contribution in [0.4, 0.5) is 5.69 Å². The normalized spacial score (nSPS) is 12.4. The van der Waals surface area contributed by atoms with Gasteiger partial charge in [-0.15, -0.1) is 0 Å². The summed E-state index contributed by atoms with van der Waals surface area (Å²) in [5, 5.41) is 5.27. The SMILES string of the molecule is CCOCCn1c(=NC(=O)c2ccc(N(CC)CC)cc2)sc2cc(S(N)(=O)=O)ccc21. The first-order valence-electron chi connectivity index (χ1n) is 10.5. The van der Waals surface area contributed by atoms with Crippen molar-refractivity contribution in [3.05, 3.63) is 52.8 Å². The number of anilines is 1. The molecule has 0 aliphatic heterocycles. The molecule has 8 nitrogen and oxygen atoms in total. The highest BCUT2D eigenvalue weighted by Crippen LogP contribution is 2.22. The number of ether oxygens (including phenoxy) is 1. The van der Waals surface area contributed by atoms with Crippen molar-refractivity contribution < 1.29 is 17.9 Å². The Kier molecular flexibility index (Phi) is 7.83. The van der Waals surface area contributed by atoms with E-state index in [1.807, 2.05) is 23.6 Å². The van der Waals surface area contributed by atoms with E-state index in [0.717, 1.165) is 24.3 Å². The average Bonchev–Trinajstić information content (AvgIpc) is 3.11. The smallest absolute Gasteiger partial charge is 0.279 e. The molecule has 0 saturated heterocycles. The third-order valence-electron chi connectivity index (χ3n) is 5.09. The molecule has 0 spiro atoms. The zero-order valence-electron chi connectivity index (χ0n) is 18.4. The largest absolute Gasteiger partial charge is 0.380 e. The van der Waals surface area contributed by atoms with Gasteiger partial charge in [-0.1, -0.05) is 11.3 Å². The highest BCUT2D eigenvalue weighted by molar-refractivity contribution is 7.89. The molecule has 172 valence electrons. The van der Waals surface area contributed by atoms with Gasteiger partial charge < -0.3 is 14.2 Å². The van der Waals surface area contributed by atoms with Crippen molar-refractivity contribution in [1.82, 2.24) is 4.57 Å². The fourth-order valence-corrected chi connectivity index (χ4v) is 5.10. The van der Waals surface area contributed by atoms with E-state index in [9.17, 15) is 13.2 Å². The van der Waals surface area contributed by atoms with Gasteiger partial charge in [0.15, 0.2) is 4.80 Å². The number of thiazole rings is 1. The Morgan fingerprint density at radius 2 is 1.81 bits per heavy atom. The summed E-state index contributed by atoms with van der Waals surface area (Å²) in [7, 11) is -3.83. The molecule has 1 amide bonds. The Labute approximate surface area is 192 Å². The zero-order chi connectivity index (χ0) is 23.3. The van der Waals surface area contributed by atoms with Crippen molar-refractivity contribution in [1.29, 1.82) is 0 Å². The molecule has 0 atom stereocenters. The number of benzene rings is 2. The van der Waals surface area contributed by atoms with Crippen molar-refractivity contribution in [2.75, 3.05) is 31.2 Å². The number of hydrogen-bond donors (Lipinski definition) is 1. The van der Waals surface area contributed by atoms with Gasteiger partial charge in [0.05, 0.1) is 21.7 Å². The van der Waals surface area contributed by atoms with Gasteiger partial charge in [-0.25, -0.2) is 13.6 Å². The number of amides is 1. The summed E-state index contributed by atoms with van der Waals surface area (Å²) in [4.78, 5) is 19.9. The van der Waals surface area contributed by atoms with E-state index in [0.29, 0.717) is 34.8 Å². The lowest BCUT2D eigenvalue weighted by molar-refractivity contribution is 0.0996. The Morgan fingerprint density at radius 1 is 1.12 bits per heavy atom. The number of aromatic nitrogens is 1. The van der Waals surface area contributed by atoms with Gasteiger partial charge in [0.25, 0.3) is 5.91 Å². The van der Waals surface area contributed by atoms with Gasteiger partial charge in [0.1, 0.15) is 0 Å². The van der Waals surface area contributed by atoms with Crippen LogP contribution in [0.2, 0.25) is 0 Å². The summed E-state index contributed by atoms with van der Waals surface area (Å²) in [6.07, 6.45) is 0. The predicted molar refractivity (Wildman–Crippen MR) is 128 cm³/mol. The summed E-state index contributed by atoms with van der Waals surface area (Å²) in [6.45, 7) is 9.35. The van der Waals surface area contributed by atoms with Gasteiger partial charge in [0.2, 0.25) is 10.0 Å². The Hall–Kier alpha value is -2.53. The van der Waals surface area contributed by atoms with E-state index in [1.54, 1.807) is 18.2 Å². The molecular formula is C22H28N4O4S2. The minimum atomic E-state index is -3.83. The summed E-state index contributed by atoms with van der Waals surface area (Å²) >= 11 is 1.24. The van der Waals surface area contributed by atoms with Gasteiger partial charge >= 0.3 is 0 Å². The number of fused-ring (bicyclic) bond motifs is 1. The van der Waals surface area contributed by atoms with Crippen LogP contribution in [0.25, 0.3) is 10.2 Å². The average molecular weight is 477 g/mol. The maximum atomic E-state index is 12.9. The molecule has 0 aliphatic rings. The third kappa shape index (κ3) is 5.44. The highest BCUT2D eigenvalue weighted by atomic mass is 32.2. The van der Waals surface area contributed by atoms with E-state index in [2.05, 4.69) is 23.7 Å². The zero-order valence-corrected chi connectivity index (χ0v) is 20.1. The van der Waals surface area contributed by atoms with E-state index < -0.39 is 10.0 Å². The second-order valence-electron chi connectivity index (χ2n) is 7.04. The Morgan fingerprint density at radius 3 is 2.41 bits per heavy atom. The van der Waals surface area contributed by atoms with Crippen LogP contribution in [0.3, 0.4) is 0 Å². The number of primary sulfonamides is 1. The lowest BCUT2D eigenvalue weighted by Gasteiger charge is -2.20. The molecule has 3 aromatic rings. The molecule has 0 unspecified atom stereocenters. The van der Waals surface area contributed by atoms with Crippen molar-refractivity contribution in [3.8, 4) is 0 Å². The topological polar surface area (TPSA) is 107 Å². The third-order valence-corrected chi connectivity index (χ3v) is 7.04. The highest BCUT2D eigenvalue weighted by Gasteiger charge is 2.14. The minimum Gasteiger partial charge on any atom is -0.380 e. The standard InChI is InChI=1S/C22H28N4O4S2/c1-4-25(5-2)17-9-7-16(8-10-17)21(27)24-22-26(13-14-30-6-3)19-12-11-18(32(23,28)29)15-20(19)31-22/h7-12,15H,4-6,13-14H2,1-3H3,(H2,23,28,29). The molecule has 0 fully saturated rings. The summed E-state index contributed by atoms with van der Waals surface area (Å²) in [5.74, 6) is -0.362. The number of carbonyl (C=O) groups is 1. The van der Waals surface area contributed by atoms with Crippen molar-refractivity contribution >= 4 is 43.2 Å². The number of sulfonamides is 1. The molecule has 10 heteroatoms. The van der Waals surface area contributed by atoms with Crippen LogP contribution in [0.15, 0.2) is 52.4 Å². The predicted octanol–water partition coefficient (Wildman–Crippen LogP) is 2.97. The minimum absolute atomic E-state index is 0.0214.